The van der Waals surface area contributed by atoms with Crippen molar-refractivity contribution >= 4 is 11.6 Å². The van der Waals surface area contributed by atoms with E-state index < -0.39 is 0 Å². The molecule has 6 heteroatoms. The van der Waals surface area contributed by atoms with Crippen molar-refractivity contribution in [2.45, 2.75) is 19.5 Å². The topological polar surface area (TPSA) is 53.4 Å². The Morgan fingerprint density at radius 2 is 1.92 bits per heavy atom. The number of amides is 1. The van der Waals surface area contributed by atoms with E-state index in [1.54, 1.807) is 6.20 Å². The number of benzene rings is 1. The van der Waals surface area contributed by atoms with Crippen LogP contribution in [0.2, 0.25) is 0 Å². The zero-order chi connectivity index (χ0) is 16.9. The van der Waals surface area contributed by atoms with Gasteiger partial charge >= 0.3 is 0 Å². The van der Waals surface area contributed by atoms with Crippen molar-refractivity contribution in [1.29, 1.82) is 0 Å². The van der Waals surface area contributed by atoms with Gasteiger partial charge in [-0.1, -0.05) is 30.3 Å². The third-order valence-corrected chi connectivity index (χ3v) is 4.55. The van der Waals surface area contributed by atoms with E-state index in [1.807, 2.05) is 36.0 Å². The fourth-order valence-corrected chi connectivity index (χ4v) is 2.91. The van der Waals surface area contributed by atoms with E-state index in [4.69, 9.17) is 0 Å². The number of carbonyl (C=O) groups is 1. The molecule has 24 heavy (non-hydrogen) atoms. The minimum Gasteiger partial charge on any atom is -0.322 e. The van der Waals surface area contributed by atoms with Crippen molar-refractivity contribution < 1.29 is 4.79 Å². The van der Waals surface area contributed by atoms with Gasteiger partial charge in [0.05, 0.1) is 24.5 Å². The van der Waals surface area contributed by atoms with Crippen molar-refractivity contribution in [3.05, 3.63) is 48.3 Å². The molecule has 0 aliphatic carbocycles. The normalized spacial score (nSPS) is 17.6. The van der Waals surface area contributed by atoms with Crippen LogP contribution in [0.5, 0.6) is 0 Å². The van der Waals surface area contributed by atoms with Crippen molar-refractivity contribution in [3.8, 4) is 0 Å². The van der Waals surface area contributed by atoms with Crippen LogP contribution < -0.4 is 5.32 Å². The molecule has 3 rings (SSSR count). The van der Waals surface area contributed by atoms with Gasteiger partial charge in [0.1, 0.15) is 0 Å². The molecule has 1 aromatic carbocycles. The molecule has 0 spiro atoms. The molecule has 1 aliphatic rings. The summed E-state index contributed by atoms with van der Waals surface area (Å²) in [7, 11) is 2.11. The molecule has 6 nitrogen and oxygen atoms in total. The van der Waals surface area contributed by atoms with Crippen LogP contribution in [0.4, 0.5) is 5.69 Å². The molecule has 0 saturated carbocycles. The lowest BCUT2D eigenvalue weighted by atomic mass is 10.2. The minimum absolute atomic E-state index is 0.0267. The Morgan fingerprint density at radius 1 is 1.21 bits per heavy atom. The molecule has 128 valence electrons. The van der Waals surface area contributed by atoms with Gasteiger partial charge in [-0.2, -0.15) is 5.10 Å². The van der Waals surface area contributed by atoms with Crippen LogP contribution in [0.1, 0.15) is 12.5 Å². The zero-order valence-corrected chi connectivity index (χ0v) is 14.4. The van der Waals surface area contributed by atoms with E-state index in [2.05, 4.69) is 39.4 Å². The van der Waals surface area contributed by atoms with Gasteiger partial charge in [-0.3, -0.25) is 14.4 Å². The average Bonchev–Trinajstić information content (AvgIpc) is 3.02. The fourth-order valence-electron chi connectivity index (χ4n) is 2.91. The standard InChI is InChI=1S/C18H25N5O/c1-15(22-10-8-21(2)9-11-22)18(24)20-17-12-19-23(14-17)13-16-6-4-3-5-7-16/h3-7,12,14-15H,8-11,13H2,1-2H3,(H,20,24). The number of likely N-dealkylation sites (N-methyl/N-ethyl adjacent to an activating group) is 1. The number of aromatic nitrogens is 2. The molecule has 2 heterocycles. The molecule has 1 aliphatic heterocycles. The number of hydrogen-bond acceptors (Lipinski definition) is 4. The number of hydrogen-bond donors (Lipinski definition) is 1. The molecule has 1 aromatic heterocycles. The molecule has 1 amide bonds. The van der Waals surface area contributed by atoms with E-state index in [0.29, 0.717) is 6.54 Å². The summed E-state index contributed by atoms with van der Waals surface area (Å²) in [5.41, 5.74) is 1.93. The predicted octanol–water partition coefficient (Wildman–Crippen LogP) is 1.51. The van der Waals surface area contributed by atoms with Crippen molar-refractivity contribution in [1.82, 2.24) is 19.6 Å². The number of nitrogens with zero attached hydrogens (tertiary/aromatic N) is 4. The first kappa shape index (κ1) is 16.7. The van der Waals surface area contributed by atoms with Crippen LogP contribution in [-0.2, 0) is 11.3 Å². The second-order valence-corrected chi connectivity index (χ2v) is 6.42. The SMILES string of the molecule is CC(C(=O)Nc1cnn(Cc2ccccc2)c1)N1CCN(C)CC1. The van der Waals surface area contributed by atoms with Crippen molar-refractivity contribution in [2.75, 3.05) is 38.5 Å². The van der Waals surface area contributed by atoms with Gasteiger partial charge in [-0.15, -0.1) is 0 Å². The summed E-state index contributed by atoms with van der Waals surface area (Å²) in [5, 5.41) is 7.31. The van der Waals surface area contributed by atoms with Gasteiger partial charge in [0, 0.05) is 32.4 Å². The largest absolute Gasteiger partial charge is 0.322 e. The number of piperazine rings is 1. The molecular weight excluding hydrogens is 302 g/mol. The van der Waals surface area contributed by atoms with E-state index in [9.17, 15) is 4.79 Å². The summed E-state index contributed by atoms with van der Waals surface area (Å²) < 4.78 is 1.84. The van der Waals surface area contributed by atoms with E-state index in [0.717, 1.165) is 31.9 Å². The highest BCUT2D eigenvalue weighted by atomic mass is 16.2. The number of nitrogens with one attached hydrogen (secondary N) is 1. The van der Waals surface area contributed by atoms with Gasteiger partial charge < -0.3 is 10.2 Å². The van der Waals surface area contributed by atoms with Crippen molar-refractivity contribution in [2.24, 2.45) is 0 Å². The quantitative estimate of drug-likeness (QED) is 0.904. The van der Waals surface area contributed by atoms with Gasteiger partial charge in [0.25, 0.3) is 0 Å². The monoisotopic (exact) mass is 327 g/mol. The third kappa shape index (κ3) is 4.21. The lowest BCUT2D eigenvalue weighted by molar-refractivity contribution is -0.121. The second-order valence-electron chi connectivity index (χ2n) is 6.42. The minimum atomic E-state index is -0.129. The first-order valence-corrected chi connectivity index (χ1v) is 8.41. The molecule has 1 fully saturated rings. The maximum atomic E-state index is 12.5. The third-order valence-electron chi connectivity index (χ3n) is 4.55. The van der Waals surface area contributed by atoms with Crippen LogP contribution in [0.3, 0.4) is 0 Å². The van der Waals surface area contributed by atoms with E-state index >= 15 is 0 Å². The highest BCUT2D eigenvalue weighted by Gasteiger charge is 2.24. The van der Waals surface area contributed by atoms with Crippen molar-refractivity contribution in [3.63, 3.8) is 0 Å². The molecule has 0 bridgehead atoms. The average molecular weight is 327 g/mol. The lowest BCUT2D eigenvalue weighted by Crippen LogP contribution is -2.51. The maximum absolute atomic E-state index is 12.5. The first-order chi connectivity index (χ1) is 11.6. The Labute approximate surface area is 143 Å². The summed E-state index contributed by atoms with van der Waals surface area (Å²) in [6.07, 6.45) is 3.58. The van der Waals surface area contributed by atoms with Gasteiger partial charge in [0.2, 0.25) is 5.91 Å². The highest BCUT2D eigenvalue weighted by Crippen LogP contribution is 2.11. The van der Waals surface area contributed by atoms with E-state index in [-0.39, 0.29) is 11.9 Å². The predicted molar refractivity (Wildman–Crippen MR) is 94.9 cm³/mol. The maximum Gasteiger partial charge on any atom is 0.241 e. The molecule has 1 unspecified atom stereocenters. The Hall–Kier alpha value is -2.18. The summed E-state index contributed by atoms with van der Waals surface area (Å²) in [6.45, 7) is 6.54. The fraction of sp³-hybridized carbons (Fsp3) is 0.444. The number of carbonyl (C=O) groups excluding carboxylic acids is 1. The molecule has 1 atom stereocenters. The zero-order valence-electron chi connectivity index (χ0n) is 14.4. The highest BCUT2D eigenvalue weighted by molar-refractivity contribution is 5.94. The summed E-state index contributed by atoms with van der Waals surface area (Å²) in [5.74, 6) is 0.0267. The van der Waals surface area contributed by atoms with E-state index in [1.165, 1.54) is 5.56 Å². The summed E-state index contributed by atoms with van der Waals surface area (Å²) in [4.78, 5) is 17.0. The Bertz CT molecular complexity index is 661. The van der Waals surface area contributed by atoms with Crippen LogP contribution in [0, 0.1) is 0 Å². The van der Waals surface area contributed by atoms with Gasteiger partial charge in [-0.05, 0) is 19.5 Å². The van der Waals surface area contributed by atoms with Gasteiger partial charge in [-0.25, -0.2) is 0 Å². The molecule has 0 radical (unpaired) electrons. The Balaban J connectivity index is 1.55. The Morgan fingerprint density at radius 3 is 2.62 bits per heavy atom. The molecule has 1 saturated heterocycles. The number of rotatable bonds is 5. The lowest BCUT2D eigenvalue weighted by Gasteiger charge is -2.35. The summed E-state index contributed by atoms with van der Waals surface area (Å²) >= 11 is 0. The van der Waals surface area contributed by atoms with Gasteiger partial charge in [0.15, 0.2) is 0 Å². The second kappa shape index (κ2) is 7.59. The van der Waals surface area contributed by atoms with Crippen LogP contribution >= 0.6 is 0 Å². The van der Waals surface area contributed by atoms with Crippen LogP contribution in [0.25, 0.3) is 0 Å². The molecule has 2 aromatic rings. The molecular formula is C18H25N5O. The summed E-state index contributed by atoms with van der Waals surface area (Å²) in [6, 6.07) is 10.0. The van der Waals surface area contributed by atoms with Crippen LogP contribution in [-0.4, -0.2) is 64.8 Å². The Kier molecular flexibility index (Phi) is 5.27. The van der Waals surface area contributed by atoms with Crippen LogP contribution in [0.15, 0.2) is 42.7 Å². The molecule has 1 N–H and O–H groups in total. The first-order valence-electron chi connectivity index (χ1n) is 8.41. The smallest absolute Gasteiger partial charge is 0.241 e. The number of anilines is 1.